The van der Waals surface area contributed by atoms with Crippen LogP contribution in [0.4, 0.5) is 0 Å². The van der Waals surface area contributed by atoms with E-state index in [0.29, 0.717) is 0 Å². The fraction of sp³-hybridized carbons (Fsp3) is 0.348. The minimum Gasteiger partial charge on any atom is -0.483 e. The summed E-state index contributed by atoms with van der Waals surface area (Å²) in [7, 11) is 2.03. The summed E-state index contributed by atoms with van der Waals surface area (Å²) >= 11 is 0. The van der Waals surface area contributed by atoms with E-state index in [2.05, 4.69) is 56.9 Å². The molecule has 0 bridgehead atoms. The number of rotatable bonds is 4. The summed E-state index contributed by atoms with van der Waals surface area (Å²) in [6.07, 6.45) is 5.44. The Morgan fingerprint density at radius 1 is 1.10 bits per heavy atom. The molecule has 1 aromatic heterocycles. The van der Waals surface area contributed by atoms with Crippen LogP contribution in [0.5, 0.6) is 0 Å². The van der Waals surface area contributed by atoms with Gasteiger partial charge < -0.3 is 24.8 Å². The number of imidazole rings is 1. The molecule has 8 heteroatoms. The van der Waals surface area contributed by atoms with Gasteiger partial charge in [0.25, 0.3) is 12.9 Å². The van der Waals surface area contributed by atoms with E-state index in [1.807, 2.05) is 19.4 Å². The molecule has 1 fully saturated rings. The molecule has 31 heavy (non-hydrogen) atoms. The number of aliphatic hydroxyl groups is 1. The predicted molar refractivity (Wildman–Crippen MR) is 118 cm³/mol. The van der Waals surface area contributed by atoms with Crippen molar-refractivity contribution in [2.24, 2.45) is 7.05 Å². The fourth-order valence-electron chi connectivity index (χ4n) is 3.92. The molecular weight excluding hydrogens is 398 g/mol. The van der Waals surface area contributed by atoms with Gasteiger partial charge in [-0.05, 0) is 29.3 Å². The third-order valence-electron chi connectivity index (χ3n) is 5.44. The van der Waals surface area contributed by atoms with E-state index in [0.717, 1.165) is 38.3 Å². The Morgan fingerprint density at radius 2 is 1.77 bits per heavy atom. The number of hydrogen-bond acceptors (Lipinski definition) is 5. The molecule has 8 nitrogen and oxygen atoms in total. The maximum absolute atomic E-state index is 10.7. The molecule has 1 aliphatic heterocycles. The minimum absolute atomic E-state index is 0.231. The summed E-state index contributed by atoms with van der Waals surface area (Å²) in [6, 6.07) is 15.0. The average molecular weight is 428 g/mol. The van der Waals surface area contributed by atoms with Crippen LogP contribution in [0.25, 0.3) is 10.8 Å². The van der Waals surface area contributed by atoms with Gasteiger partial charge in [0.1, 0.15) is 5.82 Å². The van der Waals surface area contributed by atoms with Crippen LogP contribution in [0, 0.1) is 0 Å². The summed E-state index contributed by atoms with van der Waals surface area (Å²) in [5, 5.41) is 27.0. The van der Waals surface area contributed by atoms with Crippen LogP contribution in [-0.2, 0) is 23.1 Å². The topological polar surface area (TPSA) is 116 Å². The number of fused-ring (bicyclic) bond motifs is 1. The smallest absolute Gasteiger partial charge is 0.290 e. The third-order valence-corrected chi connectivity index (χ3v) is 5.44. The van der Waals surface area contributed by atoms with Crippen molar-refractivity contribution in [2.45, 2.75) is 24.9 Å². The lowest BCUT2D eigenvalue weighted by Gasteiger charge is -2.36. The van der Waals surface area contributed by atoms with Gasteiger partial charge in [0.2, 0.25) is 0 Å². The number of likely N-dealkylation sites (tertiary alicyclic amines) is 1. The predicted octanol–water partition coefficient (Wildman–Crippen LogP) is 2.37. The number of nitrogens with zero attached hydrogens (tertiary/aromatic N) is 3. The Morgan fingerprint density at radius 3 is 2.39 bits per heavy atom. The molecular formula is C23H29N3O5. The molecule has 0 radical (unpaired) electrons. The zero-order valence-corrected chi connectivity index (χ0v) is 17.5. The largest absolute Gasteiger partial charge is 0.483 e. The molecule has 1 saturated heterocycles. The van der Waals surface area contributed by atoms with Gasteiger partial charge in [0.05, 0.1) is 6.10 Å². The van der Waals surface area contributed by atoms with Gasteiger partial charge in [0, 0.05) is 44.9 Å². The normalized spacial score (nSPS) is 18.3. The third kappa shape index (κ3) is 6.91. The van der Waals surface area contributed by atoms with Crippen LogP contribution in [-0.4, -0.2) is 68.5 Å². The first-order valence-electron chi connectivity index (χ1n) is 10.0. The van der Waals surface area contributed by atoms with E-state index >= 15 is 0 Å². The molecule has 2 atom stereocenters. The standard InChI is InChI=1S/C21H25N3O.2CH2O2/c1-23-13-10-22-21(23)9-12-24-11-8-19(20(25)15-24)18-7-6-16-4-2-3-5-17(16)14-18;2*2-1-3/h2-7,10,13-14,19-20,25H,8-9,11-12,15H2,1H3;2*1H,(H,2,3)/t19-,20+;;/m0../s1. The highest BCUT2D eigenvalue weighted by Gasteiger charge is 2.28. The van der Waals surface area contributed by atoms with Gasteiger partial charge in [-0.2, -0.15) is 0 Å². The summed E-state index contributed by atoms with van der Waals surface area (Å²) in [5.74, 6) is 1.33. The molecule has 3 N–H and O–H groups in total. The van der Waals surface area contributed by atoms with Crippen molar-refractivity contribution in [1.29, 1.82) is 0 Å². The van der Waals surface area contributed by atoms with Gasteiger partial charge in [0.15, 0.2) is 0 Å². The van der Waals surface area contributed by atoms with Crippen molar-refractivity contribution in [2.75, 3.05) is 19.6 Å². The summed E-state index contributed by atoms with van der Waals surface area (Å²) in [5.41, 5.74) is 1.26. The van der Waals surface area contributed by atoms with Crippen molar-refractivity contribution < 1.29 is 24.9 Å². The van der Waals surface area contributed by atoms with Gasteiger partial charge in [-0.3, -0.25) is 9.59 Å². The van der Waals surface area contributed by atoms with E-state index < -0.39 is 0 Å². The molecule has 166 valence electrons. The summed E-state index contributed by atoms with van der Waals surface area (Å²) in [6.45, 7) is 2.22. The number of aryl methyl sites for hydroxylation is 1. The lowest BCUT2D eigenvalue weighted by Crippen LogP contribution is -2.43. The number of hydrogen-bond donors (Lipinski definition) is 3. The first-order valence-corrected chi connectivity index (χ1v) is 10.0. The number of carboxylic acid groups (broad SMARTS) is 2. The Bertz CT molecular complexity index is 953. The molecule has 2 heterocycles. The molecule has 1 aliphatic rings. The highest BCUT2D eigenvalue weighted by Crippen LogP contribution is 2.30. The number of benzene rings is 2. The Kier molecular flexibility index (Phi) is 9.67. The van der Waals surface area contributed by atoms with Crippen molar-refractivity contribution in [3.63, 3.8) is 0 Å². The highest BCUT2D eigenvalue weighted by atomic mass is 16.3. The lowest BCUT2D eigenvalue weighted by atomic mass is 9.86. The number of β-amino-alcohol motifs (C(OH)–C–C–N with tert-alkyl or cyclic N) is 1. The van der Waals surface area contributed by atoms with Gasteiger partial charge >= 0.3 is 0 Å². The van der Waals surface area contributed by atoms with Crippen LogP contribution in [0.2, 0.25) is 0 Å². The van der Waals surface area contributed by atoms with E-state index in [1.165, 1.54) is 16.3 Å². The maximum atomic E-state index is 10.7. The van der Waals surface area contributed by atoms with Crippen LogP contribution in [0.1, 0.15) is 23.7 Å². The zero-order chi connectivity index (χ0) is 22.6. The Balaban J connectivity index is 0.000000513. The number of aliphatic hydroxyl groups excluding tert-OH is 1. The van der Waals surface area contributed by atoms with Crippen molar-refractivity contribution in [1.82, 2.24) is 14.5 Å². The molecule has 0 spiro atoms. The molecule has 0 aliphatic carbocycles. The second kappa shape index (κ2) is 12.5. The van der Waals surface area contributed by atoms with Crippen LogP contribution < -0.4 is 0 Å². The maximum Gasteiger partial charge on any atom is 0.290 e. The average Bonchev–Trinajstić information content (AvgIpc) is 3.18. The van der Waals surface area contributed by atoms with E-state index in [-0.39, 0.29) is 25.0 Å². The van der Waals surface area contributed by atoms with Gasteiger partial charge in [-0.1, -0.05) is 42.5 Å². The quantitative estimate of drug-likeness (QED) is 0.548. The van der Waals surface area contributed by atoms with Crippen molar-refractivity contribution in [3.05, 3.63) is 66.2 Å². The number of piperidine rings is 1. The van der Waals surface area contributed by atoms with Crippen molar-refractivity contribution >= 4 is 23.7 Å². The summed E-state index contributed by atoms with van der Waals surface area (Å²) in [4.78, 5) is 23.5. The second-order valence-corrected chi connectivity index (χ2v) is 7.28. The van der Waals surface area contributed by atoms with E-state index in [1.54, 1.807) is 0 Å². The van der Waals surface area contributed by atoms with Crippen LogP contribution in [0.3, 0.4) is 0 Å². The minimum atomic E-state index is -0.309. The molecule has 2 aromatic carbocycles. The molecule has 0 saturated carbocycles. The molecule has 3 aromatic rings. The van der Waals surface area contributed by atoms with E-state index in [9.17, 15) is 5.11 Å². The molecule has 4 rings (SSSR count). The van der Waals surface area contributed by atoms with Crippen LogP contribution in [0.15, 0.2) is 54.9 Å². The fourth-order valence-corrected chi connectivity index (χ4v) is 3.92. The van der Waals surface area contributed by atoms with Crippen molar-refractivity contribution in [3.8, 4) is 0 Å². The first kappa shape index (κ1) is 24.0. The zero-order valence-electron chi connectivity index (χ0n) is 17.5. The van der Waals surface area contributed by atoms with Crippen LogP contribution >= 0.6 is 0 Å². The first-order chi connectivity index (χ1) is 15.0. The van der Waals surface area contributed by atoms with E-state index in [4.69, 9.17) is 19.8 Å². The molecule has 0 amide bonds. The summed E-state index contributed by atoms with van der Waals surface area (Å²) < 4.78 is 2.07. The van der Waals surface area contributed by atoms with Gasteiger partial charge in [-0.15, -0.1) is 0 Å². The number of aromatic nitrogens is 2. The Hall–Kier alpha value is -3.23. The molecule has 0 unspecified atom stereocenters. The van der Waals surface area contributed by atoms with Gasteiger partial charge in [-0.25, -0.2) is 4.98 Å². The highest BCUT2D eigenvalue weighted by molar-refractivity contribution is 5.83. The number of carbonyl (C=O) groups is 2. The monoisotopic (exact) mass is 427 g/mol. The Labute approximate surface area is 181 Å². The second-order valence-electron chi connectivity index (χ2n) is 7.28. The lowest BCUT2D eigenvalue weighted by molar-refractivity contribution is -0.123. The SMILES string of the molecule is Cn1ccnc1CCN1CC[C@@H](c2ccc3ccccc3c2)[C@H](O)C1.O=CO.O=CO.